The third-order valence-electron chi connectivity index (χ3n) is 2.70. The van der Waals surface area contributed by atoms with E-state index >= 15 is 0 Å². The number of nitrogens with zero attached hydrogens (tertiary/aromatic N) is 3. The molecule has 0 atom stereocenters. The molecule has 0 unspecified atom stereocenters. The molecule has 6 heteroatoms. The molecule has 0 spiro atoms. The molecule has 0 saturated heterocycles. The lowest BCUT2D eigenvalue weighted by Crippen LogP contribution is -2.04. The Hall–Kier alpha value is -1.41. The summed E-state index contributed by atoms with van der Waals surface area (Å²) in [6.07, 6.45) is 1.72. The lowest BCUT2D eigenvalue weighted by atomic mass is 10.2. The third kappa shape index (κ3) is 3.80. The molecule has 2 rings (SSSR count). The van der Waals surface area contributed by atoms with E-state index in [1.807, 2.05) is 28.9 Å². The molecule has 0 fully saturated rings. The number of ether oxygens (including phenoxy) is 2. The van der Waals surface area contributed by atoms with E-state index in [1.54, 1.807) is 13.2 Å². The Labute approximate surface area is 131 Å². The Morgan fingerprint density at radius 2 is 2.10 bits per heavy atom. The molecule has 5 nitrogen and oxygen atoms in total. The van der Waals surface area contributed by atoms with Gasteiger partial charge in [-0.15, -0.1) is 11.7 Å². The largest absolute Gasteiger partial charge is 0.497 e. The highest BCUT2D eigenvalue weighted by molar-refractivity contribution is 14.1. The van der Waals surface area contributed by atoms with Gasteiger partial charge in [-0.1, -0.05) is 23.4 Å². The molecule has 0 radical (unpaired) electrons. The molecule has 1 aromatic carbocycles. The summed E-state index contributed by atoms with van der Waals surface area (Å²) in [5, 5.41) is 8.29. The SMILES string of the molecule is C=CCOCc1nnn(Cc2ccc(OC)cc2)c1I. The summed E-state index contributed by atoms with van der Waals surface area (Å²) in [6.45, 7) is 5.25. The first-order valence-corrected chi connectivity index (χ1v) is 7.22. The van der Waals surface area contributed by atoms with Gasteiger partial charge in [-0.3, -0.25) is 0 Å². The summed E-state index contributed by atoms with van der Waals surface area (Å²) in [5.41, 5.74) is 1.99. The standard InChI is InChI=1S/C14H16IN3O2/c1-3-8-20-10-13-14(15)18(17-16-13)9-11-4-6-12(19-2)7-5-11/h3-7H,1,8-10H2,2H3. The number of benzene rings is 1. The summed E-state index contributed by atoms with van der Waals surface area (Å²) >= 11 is 2.24. The molecule has 1 heterocycles. The first-order valence-electron chi connectivity index (χ1n) is 6.14. The second-order valence-electron chi connectivity index (χ2n) is 4.14. The predicted molar refractivity (Wildman–Crippen MR) is 84.7 cm³/mol. The zero-order valence-electron chi connectivity index (χ0n) is 11.3. The van der Waals surface area contributed by atoms with Gasteiger partial charge in [-0.05, 0) is 40.3 Å². The number of aromatic nitrogens is 3. The Kier molecular flexibility index (Phi) is 5.54. The molecule has 20 heavy (non-hydrogen) atoms. The lowest BCUT2D eigenvalue weighted by Gasteiger charge is -2.05. The predicted octanol–water partition coefficient (Wildman–Crippen LogP) is 2.64. The van der Waals surface area contributed by atoms with E-state index in [1.165, 1.54) is 0 Å². The maximum Gasteiger partial charge on any atom is 0.125 e. The second kappa shape index (κ2) is 7.39. The smallest absolute Gasteiger partial charge is 0.125 e. The van der Waals surface area contributed by atoms with Gasteiger partial charge in [0.2, 0.25) is 0 Å². The van der Waals surface area contributed by atoms with Crippen LogP contribution in [0.4, 0.5) is 0 Å². The van der Waals surface area contributed by atoms with Crippen molar-refractivity contribution < 1.29 is 9.47 Å². The maximum absolute atomic E-state index is 5.39. The molecule has 1 aromatic heterocycles. The first kappa shape index (κ1) is 15.0. The van der Waals surface area contributed by atoms with Crippen LogP contribution in [0.1, 0.15) is 11.3 Å². The minimum atomic E-state index is 0.451. The number of methoxy groups -OCH3 is 1. The van der Waals surface area contributed by atoms with Crippen LogP contribution in [0.5, 0.6) is 5.75 Å². The normalized spacial score (nSPS) is 10.5. The third-order valence-corrected chi connectivity index (χ3v) is 3.88. The van der Waals surface area contributed by atoms with Crippen molar-refractivity contribution in [3.05, 3.63) is 51.9 Å². The van der Waals surface area contributed by atoms with Crippen LogP contribution in [-0.2, 0) is 17.9 Å². The van der Waals surface area contributed by atoms with Crippen molar-refractivity contribution >= 4 is 22.6 Å². The minimum absolute atomic E-state index is 0.451. The van der Waals surface area contributed by atoms with Gasteiger partial charge in [0.25, 0.3) is 0 Å². The van der Waals surface area contributed by atoms with Gasteiger partial charge in [0.05, 0.1) is 26.9 Å². The van der Waals surface area contributed by atoms with Crippen molar-refractivity contribution in [2.75, 3.05) is 13.7 Å². The second-order valence-corrected chi connectivity index (χ2v) is 5.16. The molecule has 106 valence electrons. The van der Waals surface area contributed by atoms with Gasteiger partial charge in [0.15, 0.2) is 0 Å². The molecule has 0 aliphatic rings. The molecule has 0 aliphatic carbocycles. The summed E-state index contributed by atoms with van der Waals surface area (Å²) in [7, 11) is 1.66. The number of rotatable bonds is 7. The fourth-order valence-electron chi connectivity index (χ4n) is 1.67. The van der Waals surface area contributed by atoms with Crippen molar-refractivity contribution in [2.45, 2.75) is 13.2 Å². The van der Waals surface area contributed by atoms with Gasteiger partial charge in [-0.2, -0.15) is 0 Å². The van der Waals surface area contributed by atoms with Crippen LogP contribution >= 0.6 is 22.6 Å². The van der Waals surface area contributed by atoms with E-state index in [0.29, 0.717) is 19.8 Å². The summed E-state index contributed by atoms with van der Waals surface area (Å²) in [6, 6.07) is 7.91. The van der Waals surface area contributed by atoms with Gasteiger partial charge in [0.1, 0.15) is 15.1 Å². The highest BCUT2D eigenvalue weighted by atomic mass is 127. The van der Waals surface area contributed by atoms with E-state index in [2.05, 4.69) is 39.5 Å². The van der Waals surface area contributed by atoms with Crippen LogP contribution < -0.4 is 4.74 Å². The van der Waals surface area contributed by atoms with E-state index in [-0.39, 0.29) is 0 Å². The lowest BCUT2D eigenvalue weighted by molar-refractivity contribution is 0.145. The van der Waals surface area contributed by atoms with Crippen molar-refractivity contribution in [1.82, 2.24) is 15.0 Å². The summed E-state index contributed by atoms with van der Waals surface area (Å²) in [5.74, 6) is 0.848. The zero-order valence-corrected chi connectivity index (χ0v) is 13.4. The Balaban J connectivity index is 2.03. The Morgan fingerprint density at radius 1 is 1.35 bits per heavy atom. The average Bonchev–Trinajstić information content (AvgIpc) is 2.81. The molecule has 0 N–H and O–H groups in total. The fourth-order valence-corrected chi connectivity index (χ4v) is 2.20. The monoisotopic (exact) mass is 385 g/mol. The van der Waals surface area contributed by atoms with E-state index < -0.39 is 0 Å². The zero-order chi connectivity index (χ0) is 14.4. The molecule has 0 saturated carbocycles. The van der Waals surface area contributed by atoms with Crippen LogP contribution in [0, 0.1) is 3.70 Å². The van der Waals surface area contributed by atoms with Gasteiger partial charge < -0.3 is 9.47 Å². The molecular weight excluding hydrogens is 369 g/mol. The number of hydrogen-bond acceptors (Lipinski definition) is 4. The number of halogens is 1. The van der Waals surface area contributed by atoms with Gasteiger partial charge >= 0.3 is 0 Å². The molecular formula is C14H16IN3O2. The van der Waals surface area contributed by atoms with Crippen molar-refractivity contribution in [1.29, 1.82) is 0 Å². The minimum Gasteiger partial charge on any atom is -0.497 e. The van der Waals surface area contributed by atoms with E-state index in [0.717, 1.165) is 20.7 Å². The van der Waals surface area contributed by atoms with Crippen LogP contribution in [0.25, 0.3) is 0 Å². The summed E-state index contributed by atoms with van der Waals surface area (Å²) < 4.78 is 13.4. The highest BCUT2D eigenvalue weighted by Crippen LogP contribution is 2.15. The quantitative estimate of drug-likeness (QED) is 0.418. The first-order chi connectivity index (χ1) is 9.74. The maximum atomic E-state index is 5.39. The molecule has 0 amide bonds. The van der Waals surface area contributed by atoms with Crippen LogP contribution in [0.3, 0.4) is 0 Å². The highest BCUT2D eigenvalue weighted by Gasteiger charge is 2.10. The van der Waals surface area contributed by atoms with Crippen molar-refractivity contribution in [3.63, 3.8) is 0 Å². The van der Waals surface area contributed by atoms with E-state index in [9.17, 15) is 0 Å². The van der Waals surface area contributed by atoms with Gasteiger partial charge in [-0.25, -0.2) is 4.68 Å². The molecule has 2 aromatic rings. The van der Waals surface area contributed by atoms with Crippen LogP contribution in [-0.4, -0.2) is 28.7 Å². The topological polar surface area (TPSA) is 49.2 Å². The van der Waals surface area contributed by atoms with Crippen molar-refractivity contribution in [3.8, 4) is 5.75 Å². The molecule has 0 bridgehead atoms. The fraction of sp³-hybridized carbons (Fsp3) is 0.286. The van der Waals surface area contributed by atoms with Crippen molar-refractivity contribution in [2.24, 2.45) is 0 Å². The van der Waals surface area contributed by atoms with Crippen LogP contribution in [0.2, 0.25) is 0 Å². The average molecular weight is 385 g/mol. The van der Waals surface area contributed by atoms with Crippen LogP contribution in [0.15, 0.2) is 36.9 Å². The van der Waals surface area contributed by atoms with E-state index in [4.69, 9.17) is 9.47 Å². The molecule has 0 aliphatic heterocycles. The summed E-state index contributed by atoms with van der Waals surface area (Å²) in [4.78, 5) is 0. The Bertz CT molecular complexity index is 566. The van der Waals surface area contributed by atoms with Gasteiger partial charge in [0, 0.05) is 0 Å². The number of hydrogen-bond donors (Lipinski definition) is 0. The Morgan fingerprint density at radius 3 is 2.75 bits per heavy atom.